The van der Waals surface area contributed by atoms with E-state index in [1.165, 1.54) is 29.8 Å². The zero-order valence-corrected chi connectivity index (χ0v) is 33.9. The van der Waals surface area contributed by atoms with Gasteiger partial charge in [-0.3, -0.25) is 9.80 Å². The van der Waals surface area contributed by atoms with Gasteiger partial charge in [0, 0.05) is 80.7 Å². The molecule has 332 valence electrons. The van der Waals surface area contributed by atoms with Crippen LogP contribution in [0.2, 0.25) is 5.28 Å². The largest absolute Gasteiger partial charge is 0.489 e. The minimum absolute atomic E-state index is 0. The van der Waals surface area contributed by atoms with Crippen LogP contribution in [0.15, 0.2) is 134 Å². The van der Waals surface area contributed by atoms with Gasteiger partial charge in [0.05, 0.1) is 36.5 Å². The first-order valence-corrected chi connectivity index (χ1v) is 19.9. The van der Waals surface area contributed by atoms with Gasteiger partial charge in [0.1, 0.15) is 0 Å². The van der Waals surface area contributed by atoms with Crippen LogP contribution in [-0.2, 0) is 34.9 Å². The van der Waals surface area contributed by atoms with Crippen molar-refractivity contribution >= 4 is 24.2 Å². The number of alkyl halides is 6. The molecule has 8 rings (SSSR count). The fourth-order valence-corrected chi connectivity index (χ4v) is 6.95. The molecule has 18 heteroatoms. The Kier molecular flexibility index (Phi) is 17.7. The summed E-state index contributed by atoms with van der Waals surface area (Å²) in [6, 6.07) is 30.1. The second-order valence-corrected chi connectivity index (χ2v) is 14.6. The summed E-state index contributed by atoms with van der Waals surface area (Å²) in [5.41, 5.74) is 1.99. The molecule has 4 heterocycles. The molecule has 0 amide bonds. The minimum atomic E-state index is -4.56. The first-order chi connectivity index (χ1) is 29.7. The number of hydrogen-bond acceptors (Lipinski definition) is 10. The van der Waals surface area contributed by atoms with Gasteiger partial charge in [-0.05, 0) is 34.3 Å². The van der Waals surface area contributed by atoms with Crippen LogP contribution in [0.1, 0.15) is 53.0 Å². The van der Waals surface area contributed by atoms with Gasteiger partial charge in [-0.15, -0.1) is 0 Å². The quantitative estimate of drug-likeness (QED) is 0.0876. The highest BCUT2D eigenvalue weighted by molar-refractivity contribution is 6.59. The van der Waals surface area contributed by atoms with E-state index in [0.29, 0.717) is 13.2 Å². The molecule has 2 aliphatic heterocycles. The van der Waals surface area contributed by atoms with Crippen molar-refractivity contribution in [2.24, 2.45) is 0 Å². The molecule has 4 aromatic carbocycles. The lowest BCUT2D eigenvalue weighted by atomic mass is 9.77. The highest BCUT2D eigenvalue weighted by atomic mass is 35.5. The van der Waals surface area contributed by atoms with Crippen molar-refractivity contribution < 1.29 is 45.9 Å². The number of rotatable bonds is 8. The Morgan fingerprint density at radius 3 is 1.44 bits per heavy atom. The Balaban J connectivity index is 0.000000191. The fourth-order valence-electron chi connectivity index (χ4n) is 6.85. The molecule has 2 aromatic heterocycles. The van der Waals surface area contributed by atoms with Crippen LogP contribution in [0.3, 0.4) is 0 Å². The molecule has 0 spiro atoms. The second-order valence-electron chi connectivity index (χ2n) is 14.3. The molecular weight excluding hydrogens is 849 g/mol. The zero-order chi connectivity index (χ0) is 44.1. The van der Waals surface area contributed by atoms with Crippen LogP contribution in [-0.4, -0.2) is 86.3 Å². The Bertz CT molecular complexity index is 2280. The van der Waals surface area contributed by atoms with Crippen LogP contribution in [0.4, 0.5) is 26.3 Å². The first-order valence-electron chi connectivity index (χ1n) is 19.5. The predicted octanol–water partition coefficient (Wildman–Crippen LogP) is 8.46. The smallest absolute Gasteiger partial charge is 0.423 e. The number of morpholine rings is 2. The highest BCUT2D eigenvalue weighted by Crippen LogP contribution is 2.36. The summed E-state index contributed by atoms with van der Waals surface area (Å²) >= 11 is 5.70. The third-order valence-corrected chi connectivity index (χ3v) is 10.0. The van der Waals surface area contributed by atoms with Crippen LogP contribution in [0.5, 0.6) is 0 Å². The van der Waals surface area contributed by atoms with Gasteiger partial charge in [0.15, 0.2) is 5.82 Å². The maximum atomic E-state index is 13.2. The van der Waals surface area contributed by atoms with Crippen molar-refractivity contribution in [3.05, 3.63) is 173 Å². The van der Waals surface area contributed by atoms with E-state index in [4.69, 9.17) is 31.1 Å². The van der Waals surface area contributed by atoms with E-state index in [2.05, 4.69) is 41.9 Å². The number of benzene rings is 4. The van der Waals surface area contributed by atoms with Crippen LogP contribution >= 0.6 is 11.6 Å². The molecule has 2 unspecified atom stereocenters. The Labute approximate surface area is 367 Å². The molecule has 2 aliphatic rings. The Morgan fingerprint density at radius 2 is 1.00 bits per heavy atom. The fraction of sp³-hybridized carbons (Fsp3) is 0.289. The van der Waals surface area contributed by atoms with E-state index in [1.807, 2.05) is 48.5 Å². The maximum absolute atomic E-state index is 13.2. The normalized spacial score (nSPS) is 17.0. The topological polar surface area (TPSA) is 117 Å². The van der Waals surface area contributed by atoms with Crippen LogP contribution < -0.4 is 5.46 Å². The molecule has 6 aromatic rings. The molecule has 0 radical (unpaired) electrons. The number of hydrogen-bond donors (Lipinski definition) is 2. The lowest BCUT2D eigenvalue weighted by Crippen LogP contribution is -2.37. The second kappa shape index (κ2) is 22.9. The van der Waals surface area contributed by atoms with E-state index < -0.39 is 36.1 Å². The molecular formula is C45H46BClF6N6O4. The SMILES string of the molecule is C.Clc1ncc(CN2CCOC(c3ccccc3)C2)cn1.FC(F)(F)c1ccccc1-c1ncc(CN2CCOC(c3ccccc3)C2)cn1.OB(O)c1ccccc1C(F)(F)F. The van der Waals surface area contributed by atoms with Crippen LogP contribution in [0, 0.1) is 0 Å². The van der Waals surface area contributed by atoms with Gasteiger partial charge in [0.2, 0.25) is 5.28 Å². The molecule has 2 saturated heterocycles. The Morgan fingerprint density at radius 1 is 0.587 bits per heavy atom. The standard InChI is InChI=1S/C22H20F3N3O.C15H16ClN3O.C7H6BF3O2.CH4/c23-22(24,25)19-9-5-4-8-18(19)21-26-12-16(13-27-21)14-28-10-11-29-20(15-28)17-6-2-1-3-7-17;16-15-17-8-12(9-18-15)10-19-6-7-20-14(11-19)13-4-2-1-3-5-13;9-7(10,11)5-3-1-2-4-6(5)8(12)13;/h1-9,12-13,20H,10-11,14-15H2;1-5,8-9,14H,6-7,10-11H2;1-4,12-13H;1H4. The molecule has 0 saturated carbocycles. The zero-order valence-electron chi connectivity index (χ0n) is 33.1. The Hall–Kier alpha value is -5.27. The van der Waals surface area contributed by atoms with E-state index >= 15 is 0 Å². The van der Waals surface area contributed by atoms with Crippen molar-refractivity contribution in [2.45, 2.75) is 45.1 Å². The molecule has 0 aliphatic carbocycles. The summed E-state index contributed by atoms with van der Waals surface area (Å²) in [5.74, 6) is 0.0748. The third-order valence-electron chi connectivity index (χ3n) is 9.85. The van der Waals surface area contributed by atoms with Crippen molar-refractivity contribution in [1.82, 2.24) is 29.7 Å². The van der Waals surface area contributed by atoms with E-state index in [0.717, 1.165) is 74.2 Å². The molecule has 2 N–H and O–H groups in total. The van der Waals surface area contributed by atoms with Crippen molar-refractivity contribution in [3.63, 3.8) is 0 Å². The number of aromatic nitrogens is 4. The first kappa shape index (κ1) is 48.8. The number of halogens is 7. The summed E-state index contributed by atoms with van der Waals surface area (Å²) in [6.45, 7) is 6.13. The van der Waals surface area contributed by atoms with Crippen molar-refractivity contribution in [3.8, 4) is 11.4 Å². The molecule has 2 atom stereocenters. The lowest BCUT2D eigenvalue weighted by Gasteiger charge is -2.33. The summed E-state index contributed by atoms with van der Waals surface area (Å²) < 4.78 is 88.0. The van der Waals surface area contributed by atoms with Crippen molar-refractivity contribution in [1.29, 1.82) is 0 Å². The summed E-state index contributed by atoms with van der Waals surface area (Å²) in [5, 5.41) is 17.5. The monoisotopic (exact) mass is 894 g/mol. The summed E-state index contributed by atoms with van der Waals surface area (Å²) in [6.07, 6.45) is -2.10. The van der Waals surface area contributed by atoms with Crippen LogP contribution in [0.25, 0.3) is 11.4 Å². The average Bonchev–Trinajstić information content (AvgIpc) is 3.28. The highest BCUT2D eigenvalue weighted by Gasteiger charge is 2.36. The number of nitrogens with zero attached hydrogens (tertiary/aromatic N) is 6. The lowest BCUT2D eigenvalue weighted by molar-refractivity contribution is -0.137. The van der Waals surface area contributed by atoms with Gasteiger partial charge >= 0.3 is 19.5 Å². The maximum Gasteiger partial charge on any atom is 0.489 e. The van der Waals surface area contributed by atoms with Crippen molar-refractivity contribution in [2.75, 3.05) is 39.4 Å². The minimum Gasteiger partial charge on any atom is -0.423 e. The molecule has 63 heavy (non-hydrogen) atoms. The summed E-state index contributed by atoms with van der Waals surface area (Å²) in [4.78, 5) is 21.0. The number of ether oxygens (including phenoxy) is 2. The molecule has 0 bridgehead atoms. The van der Waals surface area contributed by atoms with Gasteiger partial charge in [0.25, 0.3) is 0 Å². The van der Waals surface area contributed by atoms with E-state index in [-0.39, 0.29) is 36.3 Å². The van der Waals surface area contributed by atoms with Gasteiger partial charge in [-0.25, -0.2) is 19.9 Å². The molecule has 10 nitrogen and oxygen atoms in total. The van der Waals surface area contributed by atoms with Gasteiger partial charge in [-0.1, -0.05) is 111 Å². The predicted molar refractivity (Wildman–Crippen MR) is 228 cm³/mol. The van der Waals surface area contributed by atoms with Gasteiger partial charge in [-0.2, -0.15) is 26.3 Å². The molecule has 2 fully saturated rings. The third kappa shape index (κ3) is 14.4. The average molecular weight is 895 g/mol. The summed E-state index contributed by atoms with van der Waals surface area (Å²) in [7, 11) is -2.10. The van der Waals surface area contributed by atoms with E-state index in [1.54, 1.807) is 30.9 Å². The van der Waals surface area contributed by atoms with Gasteiger partial charge < -0.3 is 19.5 Å². The van der Waals surface area contributed by atoms with E-state index in [9.17, 15) is 26.3 Å².